The molecule has 0 aliphatic rings. The van der Waals surface area contributed by atoms with Crippen LogP contribution in [0.4, 0.5) is 5.69 Å². The second-order valence-corrected chi connectivity index (χ2v) is 5.71. The first-order valence-corrected chi connectivity index (χ1v) is 5.92. The van der Waals surface area contributed by atoms with E-state index < -0.39 is 8.80 Å². The van der Waals surface area contributed by atoms with Crippen LogP contribution in [0.5, 0.6) is 0 Å². The maximum Gasteiger partial charge on any atom is 0.536 e. The Balaban J connectivity index is 3.10. The van der Waals surface area contributed by atoms with E-state index in [0.29, 0.717) is 5.69 Å². The van der Waals surface area contributed by atoms with Crippen molar-refractivity contribution < 1.29 is 13.3 Å². The van der Waals surface area contributed by atoms with E-state index in [1.54, 1.807) is 21.3 Å². The van der Waals surface area contributed by atoms with E-state index in [1.165, 1.54) is 0 Å². The van der Waals surface area contributed by atoms with Crippen LogP contribution in [-0.2, 0) is 13.3 Å². The zero-order valence-electron chi connectivity index (χ0n) is 8.61. The quantitative estimate of drug-likeness (QED) is 0.579. The molecule has 4 nitrogen and oxygen atoms in total. The first kappa shape index (κ1) is 11.2. The highest BCUT2D eigenvalue weighted by Crippen LogP contribution is 2.09. The molecular weight excluding hydrogens is 198 g/mol. The Morgan fingerprint density at radius 3 is 2.07 bits per heavy atom. The minimum atomic E-state index is -2.70. The van der Waals surface area contributed by atoms with Gasteiger partial charge >= 0.3 is 8.80 Å². The molecule has 2 N–H and O–H groups in total. The van der Waals surface area contributed by atoms with Gasteiger partial charge in [0.25, 0.3) is 0 Å². The van der Waals surface area contributed by atoms with Crippen molar-refractivity contribution >= 4 is 19.7 Å². The van der Waals surface area contributed by atoms with Gasteiger partial charge in [-0.1, -0.05) is 12.1 Å². The van der Waals surface area contributed by atoms with Gasteiger partial charge in [0.2, 0.25) is 0 Å². The lowest BCUT2D eigenvalue weighted by molar-refractivity contribution is 0.140. The third kappa shape index (κ3) is 1.96. The molecule has 0 amide bonds. The lowest BCUT2D eigenvalue weighted by atomic mass is 10.3. The number of hydrogen-bond acceptors (Lipinski definition) is 4. The Kier molecular flexibility index (Phi) is 3.65. The zero-order chi connectivity index (χ0) is 10.6. The van der Waals surface area contributed by atoms with Gasteiger partial charge < -0.3 is 19.0 Å². The predicted molar refractivity (Wildman–Crippen MR) is 57.3 cm³/mol. The Morgan fingerprint density at radius 1 is 1.07 bits per heavy atom. The molecule has 1 rings (SSSR count). The van der Waals surface area contributed by atoms with Gasteiger partial charge in [0.1, 0.15) is 0 Å². The fourth-order valence-corrected chi connectivity index (χ4v) is 3.18. The topological polar surface area (TPSA) is 53.7 Å². The maximum atomic E-state index is 5.67. The van der Waals surface area contributed by atoms with Gasteiger partial charge in [-0.25, -0.2) is 0 Å². The summed E-state index contributed by atoms with van der Waals surface area (Å²) in [7, 11) is 2.01. The average Bonchev–Trinajstić information content (AvgIpc) is 2.22. The summed E-state index contributed by atoms with van der Waals surface area (Å²) in [6, 6.07) is 7.36. The summed E-state index contributed by atoms with van der Waals surface area (Å²) in [5, 5.41) is 0.866. The summed E-state index contributed by atoms with van der Waals surface area (Å²) in [5.74, 6) is 0. The molecule has 0 atom stereocenters. The summed E-state index contributed by atoms with van der Waals surface area (Å²) >= 11 is 0. The molecule has 0 radical (unpaired) electrons. The van der Waals surface area contributed by atoms with Gasteiger partial charge in [0, 0.05) is 32.2 Å². The molecule has 1 aromatic rings. The summed E-state index contributed by atoms with van der Waals surface area (Å²) in [5.41, 5.74) is 6.35. The molecule has 0 aliphatic carbocycles. The third-order valence-corrected chi connectivity index (χ3v) is 4.68. The smallest absolute Gasteiger partial charge is 0.399 e. The molecule has 0 aromatic heterocycles. The standard InChI is InChI=1S/C9H15NO3Si/c1-11-14(12-2,13-3)9-6-4-5-8(10)7-9/h4-7H,10H2,1-3H3. The van der Waals surface area contributed by atoms with E-state index in [9.17, 15) is 0 Å². The zero-order valence-corrected chi connectivity index (χ0v) is 9.61. The summed E-state index contributed by atoms with van der Waals surface area (Å²) < 4.78 is 15.9. The van der Waals surface area contributed by atoms with Gasteiger partial charge in [0.15, 0.2) is 0 Å². The van der Waals surface area contributed by atoms with E-state index in [-0.39, 0.29) is 0 Å². The highest BCUT2D eigenvalue weighted by Gasteiger charge is 2.40. The average molecular weight is 213 g/mol. The molecule has 0 saturated carbocycles. The molecule has 0 saturated heterocycles. The first-order valence-electron chi connectivity index (χ1n) is 4.20. The normalized spacial score (nSPS) is 11.6. The van der Waals surface area contributed by atoms with Crippen LogP contribution in [0, 0.1) is 0 Å². The Hall–Kier alpha value is -0.883. The van der Waals surface area contributed by atoms with E-state index >= 15 is 0 Å². The van der Waals surface area contributed by atoms with Gasteiger partial charge in [-0.2, -0.15) is 0 Å². The van der Waals surface area contributed by atoms with Crippen molar-refractivity contribution in [3.63, 3.8) is 0 Å². The van der Waals surface area contributed by atoms with Crippen molar-refractivity contribution in [3.05, 3.63) is 24.3 Å². The van der Waals surface area contributed by atoms with Gasteiger partial charge in [-0.15, -0.1) is 0 Å². The Labute approximate surface area is 85.0 Å². The van der Waals surface area contributed by atoms with Crippen molar-refractivity contribution in [2.75, 3.05) is 27.1 Å². The predicted octanol–water partition coefficient (Wildman–Crippen LogP) is 0.354. The lowest BCUT2D eigenvalue weighted by Crippen LogP contribution is -2.54. The van der Waals surface area contributed by atoms with Crippen molar-refractivity contribution in [2.24, 2.45) is 0 Å². The molecule has 0 unspecified atom stereocenters. The van der Waals surface area contributed by atoms with E-state index in [4.69, 9.17) is 19.0 Å². The van der Waals surface area contributed by atoms with Crippen LogP contribution < -0.4 is 10.9 Å². The van der Waals surface area contributed by atoms with Gasteiger partial charge in [-0.3, -0.25) is 0 Å². The molecule has 1 aromatic carbocycles. The van der Waals surface area contributed by atoms with Crippen LogP contribution in [0.25, 0.3) is 0 Å². The third-order valence-electron chi connectivity index (χ3n) is 2.05. The lowest BCUT2D eigenvalue weighted by Gasteiger charge is -2.24. The Bertz CT molecular complexity index is 294. The van der Waals surface area contributed by atoms with E-state index in [2.05, 4.69) is 0 Å². The van der Waals surface area contributed by atoms with Crippen molar-refractivity contribution in [3.8, 4) is 0 Å². The molecule has 0 spiro atoms. The van der Waals surface area contributed by atoms with Crippen molar-refractivity contribution in [1.82, 2.24) is 0 Å². The van der Waals surface area contributed by atoms with Crippen LogP contribution in [0.3, 0.4) is 0 Å². The monoisotopic (exact) mass is 213 g/mol. The first-order chi connectivity index (χ1) is 6.68. The molecule has 0 fully saturated rings. The SMILES string of the molecule is CO[Si](OC)(OC)c1cccc(N)c1. The highest BCUT2D eigenvalue weighted by atomic mass is 28.4. The molecule has 0 heterocycles. The fourth-order valence-electron chi connectivity index (χ4n) is 1.33. The van der Waals surface area contributed by atoms with Crippen LogP contribution in [-0.4, -0.2) is 30.1 Å². The van der Waals surface area contributed by atoms with E-state index in [1.807, 2.05) is 24.3 Å². The molecule has 78 valence electrons. The number of rotatable bonds is 4. The summed E-state index contributed by atoms with van der Waals surface area (Å²) in [4.78, 5) is 0. The summed E-state index contributed by atoms with van der Waals surface area (Å²) in [6.07, 6.45) is 0. The number of benzene rings is 1. The number of nitrogens with two attached hydrogens (primary N) is 1. The van der Waals surface area contributed by atoms with Gasteiger partial charge in [-0.05, 0) is 12.1 Å². The van der Waals surface area contributed by atoms with Crippen LogP contribution in [0.1, 0.15) is 0 Å². The maximum absolute atomic E-state index is 5.67. The number of anilines is 1. The van der Waals surface area contributed by atoms with Crippen LogP contribution >= 0.6 is 0 Å². The molecular formula is C9H15NO3Si. The minimum Gasteiger partial charge on any atom is -0.399 e. The van der Waals surface area contributed by atoms with Crippen molar-refractivity contribution in [2.45, 2.75) is 0 Å². The Morgan fingerprint density at radius 2 is 1.64 bits per heavy atom. The highest BCUT2D eigenvalue weighted by molar-refractivity contribution is 6.75. The van der Waals surface area contributed by atoms with Crippen molar-refractivity contribution in [1.29, 1.82) is 0 Å². The fraction of sp³-hybridized carbons (Fsp3) is 0.333. The summed E-state index contributed by atoms with van der Waals surface area (Å²) in [6.45, 7) is 0. The van der Waals surface area contributed by atoms with E-state index in [0.717, 1.165) is 5.19 Å². The largest absolute Gasteiger partial charge is 0.536 e. The molecule has 5 heteroatoms. The van der Waals surface area contributed by atoms with Crippen LogP contribution in [0.2, 0.25) is 0 Å². The molecule has 14 heavy (non-hydrogen) atoms. The minimum absolute atomic E-state index is 0.672. The number of hydrogen-bond donors (Lipinski definition) is 1. The molecule has 0 aliphatic heterocycles. The molecule has 0 bridgehead atoms. The second kappa shape index (κ2) is 4.56. The second-order valence-electron chi connectivity index (χ2n) is 2.79. The van der Waals surface area contributed by atoms with Crippen LogP contribution in [0.15, 0.2) is 24.3 Å². The van der Waals surface area contributed by atoms with Gasteiger partial charge in [0.05, 0.1) is 0 Å². The number of nitrogen functional groups attached to an aromatic ring is 1.